The third-order valence-corrected chi connectivity index (χ3v) is 6.40. The minimum absolute atomic E-state index is 0.205. The Kier molecular flexibility index (Phi) is 5.51. The van der Waals surface area contributed by atoms with Gasteiger partial charge in [-0.3, -0.25) is 9.59 Å². The van der Waals surface area contributed by atoms with Crippen LogP contribution >= 0.6 is 11.8 Å². The predicted octanol–water partition coefficient (Wildman–Crippen LogP) is 4.92. The van der Waals surface area contributed by atoms with Gasteiger partial charge in [0.25, 0.3) is 5.91 Å². The highest BCUT2D eigenvalue weighted by molar-refractivity contribution is 8.15. The standard InChI is InChI=1S/C25H19FN4O2S/c1-15(23(31)27-18-13-11-17(26)12-14-18)33-25-28-20-10-6-5-9-19(20)22-29-21(24(32)30(22)25)16-7-3-2-4-8-16/h2-15,21H,1H3,(H,27,31). The molecule has 0 aromatic heterocycles. The normalized spacial score (nSPS) is 17.6. The van der Waals surface area contributed by atoms with Gasteiger partial charge in [-0.15, -0.1) is 0 Å². The van der Waals surface area contributed by atoms with Crippen molar-refractivity contribution in [2.75, 3.05) is 5.32 Å². The number of hydrogen-bond acceptors (Lipinski definition) is 5. The Morgan fingerprint density at radius 3 is 2.48 bits per heavy atom. The molecule has 0 aliphatic carbocycles. The number of anilines is 1. The number of fused-ring (bicyclic) bond motifs is 3. The summed E-state index contributed by atoms with van der Waals surface area (Å²) in [5, 5.41) is 2.60. The number of carbonyl (C=O) groups excluding carboxylic acids is 2. The second-order valence-corrected chi connectivity index (χ2v) is 8.92. The first-order valence-corrected chi connectivity index (χ1v) is 11.3. The molecule has 2 amide bonds. The number of thioether (sulfide) groups is 1. The Bertz CT molecular complexity index is 1290. The van der Waals surface area contributed by atoms with Gasteiger partial charge in [0.2, 0.25) is 5.91 Å². The molecule has 0 radical (unpaired) electrons. The van der Waals surface area contributed by atoms with E-state index in [1.54, 1.807) is 6.92 Å². The van der Waals surface area contributed by atoms with Gasteiger partial charge in [0.15, 0.2) is 11.2 Å². The maximum absolute atomic E-state index is 13.4. The summed E-state index contributed by atoms with van der Waals surface area (Å²) in [6.07, 6.45) is 0. The molecular formula is C25H19FN4O2S. The van der Waals surface area contributed by atoms with Crippen molar-refractivity contribution in [1.82, 2.24) is 4.90 Å². The van der Waals surface area contributed by atoms with E-state index in [1.165, 1.54) is 40.9 Å². The van der Waals surface area contributed by atoms with E-state index < -0.39 is 11.3 Å². The summed E-state index contributed by atoms with van der Waals surface area (Å²) >= 11 is 1.18. The van der Waals surface area contributed by atoms with Crippen LogP contribution in [-0.2, 0) is 9.59 Å². The second kappa shape index (κ2) is 8.63. The first kappa shape index (κ1) is 21.1. The maximum atomic E-state index is 13.4. The Labute approximate surface area is 194 Å². The summed E-state index contributed by atoms with van der Waals surface area (Å²) in [5.41, 5.74) is 2.77. The van der Waals surface area contributed by atoms with Crippen molar-refractivity contribution in [3.05, 3.63) is 95.8 Å². The average molecular weight is 459 g/mol. The van der Waals surface area contributed by atoms with Gasteiger partial charge in [0.05, 0.1) is 10.9 Å². The number of para-hydroxylation sites is 1. The van der Waals surface area contributed by atoms with Crippen molar-refractivity contribution in [2.45, 2.75) is 18.2 Å². The Hall–Kier alpha value is -3.78. The molecule has 2 aliphatic heterocycles. The summed E-state index contributed by atoms with van der Waals surface area (Å²) in [6, 6.07) is 21.8. The SMILES string of the molecule is CC(SC1=Nc2ccccc2C2=NC(c3ccccc3)C(=O)N12)C(=O)Nc1ccc(F)cc1. The van der Waals surface area contributed by atoms with Gasteiger partial charge in [0, 0.05) is 11.3 Å². The summed E-state index contributed by atoms with van der Waals surface area (Å²) in [6.45, 7) is 1.73. The summed E-state index contributed by atoms with van der Waals surface area (Å²) in [7, 11) is 0. The molecule has 1 N–H and O–H groups in total. The number of nitrogens with zero attached hydrogens (tertiary/aromatic N) is 3. The minimum atomic E-state index is -0.665. The van der Waals surface area contributed by atoms with Crippen LogP contribution in [0.4, 0.5) is 15.8 Å². The number of hydrogen-bond donors (Lipinski definition) is 1. The Morgan fingerprint density at radius 2 is 1.73 bits per heavy atom. The van der Waals surface area contributed by atoms with Gasteiger partial charge >= 0.3 is 0 Å². The molecule has 2 aliphatic rings. The lowest BCUT2D eigenvalue weighted by Gasteiger charge is -2.26. The summed E-state index contributed by atoms with van der Waals surface area (Å²) in [5.74, 6) is -0.327. The number of halogens is 1. The molecule has 2 atom stereocenters. The first-order chi connectivity index (χ1) is 16.0. The van der Waals surface area contributed by atoms with Crippen LogP contribution in [0.1, 0.15) is 24.1 Å². The predicted molar refractivity (Wildman–Crippen MR) is 128 cm³/mol. The molecule has 3 aromatic rings. The number of aliphatic imine (C=N–C) groups is 2. The van der Waals surface area contributed by atoms with Crippen molar-refractivity contribution in [1.29, 1.82) is 0 Å². The molecule has 8 heteroatoms. The summed E-state index contributed by atoms with van der Waals surface area (Å²) < 4.78 is 13.1. The maximum Gasteiger partial charge on any atom is 0.263 e. The van der Waals surface area contributed by atoms with Gasteiger partial charge in [-0.25, -0.2) is 19.3 Å². The van der Waals surface area contributed by atoms with Gasteiger partial charge < -0.3 is 5.32 Å². The van der Waals surface area contributed by atoms with Crippen LogP contribution in [0.15, 0.2) is 88.8 Å². The number of amidine groups is 2. The molecule has 6 nitrogen and oxygen atoms in total. The topological polar surface area (TPSA) is 74.1 Å². The van der Waals surface area contributed by atoms with E-state index in [4.69, 9.17) is 4.99 Å². The molecule has 33 heavy (non-hydrogen) atoms. The Morgan fingerprint density at radius 1 is 1.03 bits per heavy atom. The lowest BCUT2D eigenvalue weighted by Crippen LogP contribution is -2.41. The number of nitrogens with one attached hydrogen (secondary N) is 1. The smallest absolute Gasteiger partial charge is 0.263 e. The lowest BCUT2D eigenvalue weighted by atomic mass is 10.1. The number of rotatable bonds is 4. The molecule has 2 unspecified atom stereocenters. The van der Waals surface area contributed by atoms with Crippen LogP contribution in [0, 0.1) is 5.82 Å². The number of amides is 2. The molecular weight excluding hydrogens is 439 g/mol. The van der Waals surface area contributed by atoms with E-state index in [0.717, 1.165) is 11.1 Å². The van der Waals surface area contributed by atoms with Crippen molar-refractivity contribution < 1.29 is 14.0 Å². The fourth-order valence-corrected chi connectivity index (χ4v) is 4.59. The van der Waals surface area contributed by atoms with Gasteiger partial charge in [-0.05, 0) is 48.9 Å². The van der Waals surface area contributed by atoms with E-state index in [-0.39, 0.29) is 17.6 Å². The highest BCUT2D eigenvalue weighted by Crippen LogP contribution is 2.38. The molecule has 5 rings (SSSR count). The molecule has 0 saturated carbocycles. The number of carbonyl (C=O) groups is 2. The first-order valence-electron chi connectivity index (χ1n) is 10.4. The van der Waals surface area contributed by atoms with E-state index >= 15 is 0 Å². The monoisotopic (exact) mass is 458 g/mol. The van der Waals surface area contributed by atoms with Crippen LogP contribution < -0.4 is 5.32 Å². The quantitative estimate of drug-likeness (QED) is 0.603. The van der Waals surface area contributed by atoms with Gasteiger partial charge in [0.1, 0.15) is 11.7 Å². The van der Waals surface area contributed by atoms with E-state index in [9.17, 15) is 14.0 Å². The van der Waals surface area contributed by atoms with Crippen LogP contribution in [0.2, 0.25) is 0 Å². The highest BCUT2D eigenvalue weighted by Gasteiger charge is 2.42. The van der Waals surface area contributed by atoms with Crippen molar-refractivity contribution >= 4 is 46.0 Å². The fourth-order valence-electron chi connectivity index (χ4n) is 3.67. The molecule has 164 valence electrons. The van der Waals surface area contributed by atoms with Crippen molar-refractivity contribution in [2.24, 2.45) is 9.98 Å². The molecule has 2 heterocycles. The molecule has 3 aromatic carbocycles. The minimum Gasteiger partial charge on any atom is -0.325 e. The average Bonchev–Trinajstić information content (AvgIpc) is 3.19. The third-order valence-electron chi connectivity index (χ3n) is 5.35. The van der Waals surface area contributed by atoms with Crippen molar-refractivity contribution in [3.8, 4) is 0 Å². The third kappa shape index (κ3) is 4.05. The largest absolute Gasteiger partial charge is 0.325 e. The van der Waals surface area contributed by atoms with Gasteiger partial charge in [-0.2, -0.15) is 0 Å². The van der Waals surface area contributed by atoms with E-state index in [2.05, 4.69) is 10.3 Å². The Balaban J connectivity index is 1.43. The summed E-state index contributed by atoms with van der Waals surface area (Å²) in [4.78, 5) is 37.1. The lowest BCUT2D eigenvalue weighted by molar-refractivity contribution is -0.124. The van der Waals surface area contributed by atoms with Crippen molar-refractivity contribution in [3.63, 3.8) is 0 Å². The van der Waals surface area contributed by atoms with Crippen LogP contribution in [-0.4, -0.2) is 33.0 Å². The van der Waals surface area contributed by atoms with Crippen LogP contribution in [0.3, 0.4) is 0 Å². The zero-order valence-electron chi connectivity index (χ0n) is 17.6. The fraction of sp³-hybridized carbons (Fsp3) is 0.120. The number of benzene rings is 3. The molecule has 0 saturated heterocycles. The zero-order chi connectivity index (χ0) is 22.9. The van der Waals surface area contributed by atoms with Crippen LogP contribution in [0.25, 0.3) is 0 Å². The van der Waals surface area contributed by atoms with E-state index in [1.807, 2.05) is 54.6 Å². The highest BCUT2D eigenvalue weighted by atomic mass is 32.2. The van der Waals surface area contributed by atoms with E-state index in [0.29, 0.717) is 22.4 Å². The second-order valence-electron chi connectivity index (χ2n) is 7.61. The van der Waals surface area contributed by atoms with Crippen LogP contribution in [0.5, 0.6) is 0 Å². The zero-order valence-corrected chi connectivity index (χ0v) is 18.4. The van der Waals surface area contributed by atoms with Gasteiger partial charge in [-0.1, -0.05) is 54.2 Å². The molecule has 0 bridgehead atoms. The molecule has 0 spiro atoms. The molecule has 0 fully saturated rings.